The molecule has 18 heavy (non-hydrogen) atoms. The third kappa shape index (κ3) is 2.49. The average Bonchev–Trinajstić information content (AvgIpc) is 2.56. The summed E-state index contributed by atoms with van der Waals surface area (Å²) in [6.07, 6.45) is 0. The van der Waals surface area contributed by atoms with Crippen LogP contribution in [0.5, 0.6) is 0 Å². The van der Waals surface area contributed by atoms with Gasteiger partial charge in [-0.15, -0.1) is 0 Å². The average molecular weight is 269 g/mol. The molecule has 1 N–H and O–H groups in total. The minimum Gasteiger partial charge on any atom is -0.336 e. The minimum atomic E-state index is -0.0406. The molecular formula is C12H19N3O2S. The van der Waals surface area contributed by atoms with Crippen molar-refractivity contribution < 1.29 is 4.79 Å². The number of nitrogens with one attached hydrogen (secondary N) is 1. The van der Waals surface area contributed by atoms with Crippen LogP contribution in [-0.4, -0.2) is 41.1 Å². The van der Waals surface area contributed by atoms with E-state index in [2.05, 4.69) is 5.32 Å². The normalized spacial score (nSPS) is 20.2. The van der Waals surface area contributed by atoms with Gasteiger partial charge in [0.05, 0.1) is 0 Å². The van der Waals surface area contributed by atoms with Gasteiger partial charge in [-0.1, -0.05) is 11.3 Å². The molecule has 100 valence electrons. The van der Waals surface area contributed by atoms with Gasteiger partial charge in [0.2, 0.25) is 5.91 Å². The third-order valence-corrected chi connectivity index (χ3v) is 4.49. The van der Waals surface area contributed by atoms with Gasteiger partial charge in [0.25, 0.3) is 0 Å². The van der Waals surface area contributed by atoms with Crippen molar-refractivity contribution in [2.45, 2.75) is 33.4 Å². The number of hydrogen-bond donors (Lipinski definition) is 1. The Morgan fingerprint density at radius 2 is 2.22 bits per heavy atom. The molecule has 0 radical (unpaired) electrons. The quantitative estimate of drug-likeness (QED) is 0.843. The lowest BCUT2D eigenvalue weighted by molar-refractivity contribution is -0.134. The van der Waals surface area contributed by atoms with Crippen molar-refractivity contribution in [2.24, 2.45) is 0 Å². The van der Waals surface area contributed by atoms with Crippen molar-refractivity contribution in [1.29, 1.82) is 0 Å². The summed E-state index contributed by atoms with van der Waals surface area (Å²) in [5.41, 5.74) is 0.904. The van der Waals surface area contributed by atoms with Crippen LogP contribution in [-0.2, 0) is 11.3 Å². The molecule has 1 amide bonds. The summed E-state index contributed by atoms with van der Waals surface area (Å²) < 4.78 is 1.58. The van der Waals surface area contributed by atoms with Gasteiger partial charge in [-0.25, -0.2) is 0 Å². The number of hydrogen-bond acceptors (Lipinski definition) is 4. The Bertz CT molecular complexity index is 506. The second kappa shape index (κ2) is 5.24. The standard InChI is InChI=1S/C12H19N3O2S/c1-8-6-13-4-5-14(8)11(16)7-15-9(2)10(3)18-12(15)17/h8,13H,4-7H2,1-3H3/t8-/m0/s1. The molecule has 1 aliphatic rings. The molecule has 2 heterocycles. The van der Waals surface area contributed by atoms with E-state index in [1.165, 1.54) is 11.3 Å². The highest BCUT2D eigenvalue weighted by Crippen LogP contribution is 2.11. The summed E-state index contributed by atoms with van der Waals surface area (Å²) in [5.74, 6) is 0.0343. The van der Waals surface area contributed by atoms with E-state index in [-0.39, 0.29) is 23.4 Å². The van der Waals surface area contributed by atoms with E-state index in [4.69, 9.17) is 0 Å². The lowest BCUT2D eigenvalue weighted by Gasteiger charge is -2.34. The first-order chi connectivity index (χ1) is 8.50. The van der Waals surface area contributed by atoms with E-state index < -0.39 is 0 Å². The fourth-order valence-electron chi connectivity index (χ4n) is 2.21. The number of nitrogens with zero attached hydrogens (tertiary/aromatic N) is 2. The van der Waals surface area contributed by atoms with Crippen molar-refractivity contribution in [2.75, 3.05) is 19.6 Å². The first-order valence-electron chi connectivity index (χ1n) is 6.17. The SMILES string of the molecule is Cc1sc(=O)n(CC(=O)N2CCNC[C@@H]2C)c1C. The molecule has 6 heteroatoms. The molecule has 1 aromatic heterocycles. The summed E-state index contributed by atoms with van der Waals surface area (Å²) in [7, 11) is 0. The van der Waals surface area contributed by atoms with E-state index in [0.717, 1.165) is 30.2 Å². The Morgan fingerprint density at radius 3 is 2.78 bits per heavy atom. The highest BCUT2D eigenvalue weighted by Gasteiger charge is 2.24. The fourth-order valence-corrected chi connectivity index (χ4v) is 3.04. The number of amides is 1. The van der Waals surface area contributed by atoms with E-state index >= 15 is 0 Å². The molecule has 1 fully saturated rings. The number of rotatable bonds is 2. The van der Waals surface area contributed by atoms with Gasteiger partial charge in [0.1, 0.15) is 6.54 Å². The lowest BCUT2D eigenvalue weighted by atomic mass is 10.2. The molecule has 0 unspecified atom stereocenters. The molecule has 2 rings (SSSR count). The van der Waals surface area contributed by atoms with Crippen LogP contribution in [0.15, 0.2) is 4.79 Å². The van der Waals surface area contributed by atoms with Crippen molar-refractivity contribution in [3.8, 4) is 0 Å². The second-order valence-corrected chi connectivity index (χ2v) is 5.90. The number of aryl methyl sites for hydroxylation is 1. The van der Waals surface area contributed by atoms with E-state index in [0.29, 0.717) is 0 Å². The first kappa shape index (κ1) is 13.3. The molecular weight excluding hydrogens is 250 g/mol. The third-order valence-electron chi connectivity index (χ3n) is 3.49. The smallest absolute Gasteiger partial charge is 0.308 e. The zero-order valence-corrected chi connectivity index (χ0v) is 11.8. The maximum absolute atomic E-state index is 12.2. The van der Waals surface area contributed by atoms with Crippen molar-refractivity contribution in [1.82, 2.24) is 14.8 Å². The van der Waals surface area contributed by atoms with E-state index in [9.17, 15) is 9.59 Å². The minimum absolute atomic E-state index is 0.0343. The summed E-state index contributed by atoms with van der Waals surface area (Å²) in [6.45, 7) is 8.36. The summed E-state index contributed by atoms with van der Waals surface area (Å²) >= 11 is 1.21. The zero-order chi connectivity index (χ0) is 13.3. The molecule has 1 atom stereocenters. The Balaban J connectivity index is 2.13. The molecule has 1 aromatic rings. The van der Waals surface area contributed by atoms with Crippen LogP contribution in [0, 0.1) is 13.8 Å². The molecule has 5 nitrogen and oxygen atoms in total. The van der Waals surface area contributed by atoms with Crippen LogP contribution in [0.25, 0.3) is 0 Å². The van der Waals surface area contributed by atoms with Gasteiger partial charge in [-0.05, 0) is 20.8 Å². The number of thiazole rings is 1. The lowest BCUT2D eigenvalue weighted by Crippen LogP contribution is -2.53. The number of carbonyl (C=O) groups excluding carboxylic acids is 1. The predicted molar refractivity (Wildman–Crippen MR) is 72.1 cm³/mol. The Kier molecular flexibility index (Phi) is 3.87. The molecule has 0 bridgehead atoms. The molecule has 1 aliphatic heterocycles. The van der Waals surface area contributed by atoms with Crippen LogP contribution >= 0.6 is 11.3 Å². The Hall–Kier alpha value is -1.14. The van der Waals surface area contributed by atoms with Gasteiger partial charge in [-0.3, -0.25) is 14.2 Å². The molecule has 0 aliphatic carbocycles. The van der Waals surface area contributed by atoms with E-state index in [1.807, 2.05) is 25.7 Å². The fraction of sp³-hybridized carbons (Fsp3) is 0.667. The van der Waals surface area contributed by atoms with Crippen molar-refractivity contribution in [3.63, 3.8) is 0 Å². The second-order valence-electron chi connectivity index (χ2n) is 4.74. The zero-order valence-electron chi connectivity index (χ0n) is 11.0. The first-order valence-corrected chi connectivity index (χ1v) is 6.99. The van der Waals surface area contributed by atoms with Crippen LogP contribution in [0.2, 0.25) is 0 Å². The number of aromatic nitrogens is 1. The maximum Gasteiger partial charge on any atom is 0.308 e. The number of carbonyl (C=O) groups is 1. The largest absolute Gasteiger partial charge is 0.336 e. The highest BCUT2D eigenvalue weighted by atomic mass is 32.1. The van der Waals surface area contributed by atoms with Gasteiger partial charge in [0, 0.05) is 36.2 Å². The molecule has 0 aromatic carbocycles. The molecule has 1 saturated heterocycles. The molecule has 0 saturated carbocycles. The van der Waals surface area contributed by atoms with Crippen LogP contribution in [0.4, 0.5) is 0 Å². The summed E-state index contributed by atoms with van der Waals surface area (Å²) in [4.78, 5) is 26.8. The van der Waals surface area contributed by atoms with Gasteiger partial charge in [0.15, 0.2) is 0 Å². The van der Waals surface area contributed by atoms with Crippen molar-refractivity contribution in [3.05, 3.63) is 20.2 Å². The van der Waals surface area contributed by atoms with Crippen LogP contribution in [0.1, 0.15) is 17.5 Å². The summed E-state index contributed by atoms with van der Waals surface area (Å²) in [5, 5.41) is 3.25. The molecule has 0 spiro atoms. The highest BCUT2D eigenvalue weighted by molar-refractivity contribution is 7.09. The van der Waals surface area contributed by atoms with Gasteiger partial charge >= 0.3 is 4.87 Å². The maximum atomic E-state index is 12.2. The van der Waals surface area contributed by atoms with E-state index in [1.54, 1.807) is 4.57 Å². The number of piperazine rings is 1. The van der Waals surface area contributed by atoms with Crippen LogP contribution in [0.3, 0.4) is 0 Å². The summed E-state index contributed by atoms with van der Waals surface area (Å²) in [6, 6.07) is 0.196. The van der Waals surface area contributed by atoms with Gasteiger partial charge < -0.3 is 10.2 Å². The Morgan fingerprint density at radius 1 is 1.50 bits per heavy atom. The monoisotopic (exact) mass is 269 g/mol. The van der Waals surface area contributed by atoms with Crippen molar-refractivity contribution >= 4 is 17.2 Å². The van der Waals surface area contributed by atoms with Crippen LogP contribution < -0.4 is 10.2 Å². The van der Waals surface area contributed by atoms with Gasteiger partial charge in [-0.2, -0.15) is 0 Å². The topological polar surface area (TPSA) is 54.3 Å². The Labute approximate surface area is 110 Å². The predicted octanol–water partition coefficient (Wildman–Crippen LogP) is 0.347.